The van der Waals surface area contributed by atoms with Gasteiger partial charge in [-0.25, -0.2) is 4.79 Å². The van der Waals surface area contributed by atoms with E-state index in [1.54, 1.807) is 0 Å². The van der Waals surface area contributed by atoms with Gasteiger partial charge in [-0.1, -0.05) is 23.2 Å². The van der Waals surface area contributed by atoms with Crippen molar-refractivity contribution in [3.63, 3.8) is 0 Å². The van der Waals surface area contributed by atoms with Crippen LogP contribution in [-0.2, 0) is 9.53 Å². The highest BCUT2D eigenvalue weighted by Crippen LogP contribution is 2.31. The Hall–Kier alpha value is -1.46. The molecule has 0 bridgehead atoms. The summed E-state index contributed by atoms with van der Waals surface area (Å²) in [5.41, 5.74) is 6.26. The first-order valence-electron chi connectivity index (χ1n) is 6.59. The third kappa shape index (κ3) is 3.24. The van der Waals surface area contributed by atoms with E-state index in [2.05, 4.69) is 0 Å². The van der Waals surface area contributed by atoms with Gasteiger partial charge in [0, 0.05) is 12.2 Å². The second-order valence-corrected chi connectivity index (χ2v) is 5.68. The molecule has 1 aliphatic rings. The lowest BCUT2D eigenvalue weighted by Gasteiger charge is -2.34. The van der Waals surface area contributed by atoms with Crippen LogP contribution in [0.3, 0.4) is 0 Å². The number of hydrogen-bond acceptors (Lipinski definition) is 4. The normalized spacial score (nSPS) is 18.4. The first kappa shape index (κ1) is 15.9. The topological polar surface area (TPSA) is 72.6 Å². The van der Waals surface area contributed by atoms with Crippen LogP contribution in [0.4, 0.5) is 5.69 Å². The van der Waals surface area contributed by atoms with Crippen LogP contribution < -0.4 is 5.73 Å². The number of methoxy groups -OCH3 is 1. The second-order valence-electron chi connectivity index (χ2n) is 4.90. The number of amides is 1. The van der Waals surface area contributed by atoms with Gasteiger partial charge >= 0.3 is 5.97 Å². The molecule has 1 fully saturated rings. The number of anilines is 1. The molecule has 1 aliphatic heterocycles. The Kier molecular flexibility index (Phi) is 4.96. The van der Waals surface area contributed by atoms with Crippen LogP contribution in [0.25, 0.3) is 0 Å². The number of esters is 1. The minimum absolute atomic E-state index is 0.144. The standard InChI is InChI=1S/C14H16Cl2N2O3/c1-21-14(20)11-4-2-3-5-18(11)13(19)9-6-8(17)7-10(15)12(9)16/h6-7,11H,2-5,17H2,1H3. The van der Waals surface area contributed by atoms with E-state index in [0.29, 0.717) is 18.7 Å². The van der Waals surface area contributed by atoms with E-state index >= 15 is 0 Å². The minimum Gasteiger partial charge on any atom is -0.467 e. The van der Waals surface area contributed by atoms with Crippen LogP contribution in [0.5, 0.6) is 0 Å². The van der Waals surface area contributed by atoms with Crippen molar-refractivity contribution in [1.82, 2.24) is 4.90 Å². The lowest BCUT2D eigenvalue weighted by Crippen LogP contribution is -2.48. The highest BCUT2D eigenvalue weighted by Gasteiger charge is 2.34. The Bertz CT molecular complexity index is 578. The number of nitrogens with zero attached hydrogens (tertiary/aromatic N) is 1. The van der Waals surface area contributed by atoms with Crippen molar-refractivity contribution in [3.05, 3.63) is 27.7 Å². The molecule has 114 valence electrons. The summed E-state index contributed by atoms with van der Waals surface area (Å²) in [6.45, 7) is 0.474. The molecular weight excluding hydrogens is 315 g/mol. The van der Waals surface area contributed by atoms with Crippen LogP contribution >= 0.6 is 23.2 Å². The zero-order valence-corrected chi connectivity index (χ0v) is 13.1. The molecule has 1 aromatic carbocycles. The SMILES string of the molecule is COC(=O)C1CCCCN1C(=O)c1cc(N)cc(Cl)c1Cl. The van der Waals surface area contributed by atoms with E-state index in [0.717, 1.165) is 12.8 Å². The Morgan fingerprint density at radius 3 is 2.71 bits per heavy atom. The highest BCUT2D eigenvalue weighted by molar-refractivity contribution is 6.44. The van der Waals surface area contributed by atoms with Crippen molar-refractivity contribution in [2.45, 2.75) is 25.3 Å². The van der Waals surface area contributed by atoms with Crippen molar-refractivity contribution < 1.29 is 14.3 Å². The number of ether oxygens (including phenoxy) is 1. The van der Waals surface area contributed by atoms with Crippen molar-refractivity contribution in [2.75, 3.05) is 19.4 Å². The van der Waals surface area contributed by atoms with Crippen molar-refractivity contribution >= 4 is 40.8 Å². The van der Waals surface area contributed by atoms with Crippen LogP contribution in [-0.4, -0.2) is 36.5 Å². The quantitative estimate of drug-likeness (QED) is 0.668. The van der Waals surface area contributed by atoms with Crippen LogP contribution in [0.1, 0.15) is 29.6 Å². The first-order valence-corrected chi connectivity index (χ1v) is 7.34. The summed E-state index contributed by atoms with van der Waals surface area (Å²) < 4.78 is 4.77. The number of nitrogens with two attached hydrogens (primary N) is 1. The maximum absolute atomic E-state index is 12.7. The van der Waals surface area contributed by atoms with E-state index in [9.17, 15) is 9.59 Å². The number of carbonyl (C=O) groups is 2. The van der Waals surface area contributed by atoms with E-state index in [1.807, 2.05) is 0 Å². The highest BCUT2D eigenvalue weighted by atomic mass is 35.5. The number of carbonyl (C=O) groups excluding carboxylic acids is 2. The molecule has 0 aliphatic carbocycles. The van der Waals surface area contributed by atoms with Gasteiger partial charge in [0.05, 0.1) is 22.7 Å². The molecule has 7 heteroatoms. The molecule has 0 aromatic heterocycles. The van der Waals surface area contributed by atoms with Crippen LogP contribution in [0, 0.1) is 0 Å². The summed E-state index contributed by atoms with van der Waals surface area (Å²) in [5, 5.41) is 0.358. The van der Waals surface area contributed by atoms with Gasteiger partial charge in [0.25, 0.3) is 5.91 Å². The lowest BCUT2D eigenvalue weighted by molar-refractivity contribution is -0.147. The third-order valence-electron chi connectivity index (χ3n) is 3.52. The average Bonchev–Trinajstić information content (AvgIpc) is 2.49. The van der Waals surface area contributed by atoms with Gasteiger partial charge in [0.15, 0.2) is 0 Å². The van der Waals surface area contributed by atoms with Gasteiger partial charge in [0.1, 0.15) is 6.04 Å². The van der Waals surface area contributed by atoms with E-state index in [1.165, 1.54) is 24.1 Å². The van der Waals surface area contributed by atoms with Crippen LogP contribution in [0.15, 0.2) is 12.1 Å². The molecule has 5 nitrogen and oxygen atoms in total. The summed E-state index contributed by atoms with van der Waals surface area (Å²) in [7, 11) is 1.31. The molecule has 1 amide bonds. The first-order chi connectivity index (χ1) is 9.95. The number of rotatable bonds is 2. The predicted octanol–water partition coefficient (Wildman–Crippen LogP) is 2.74. The molecule has 0 radical (unpaired) electrons. The molecule has 2 N–H and O–H groups in total. The van der Waals surface area contributed by atoms with Crippen molar-refractivity contribution in [2.24, 2.45) is 0 Å². The predicted molar refractivity (Wildman–Crippen MR) is 81.6 cm³/mol. The van der Waals surface area contributed by atoms with Gasteiger partial charge in [-0.15, -0.1) is 0 Å². The molecule has 0 spiro atoms. The Morgan fingerprint density at radius 1 is 1.33 bits per heavy atom. The van der Waals surface area contributed by atoms with Gasteiger partial charge in [-0.05, 0) is 31.4 Å². The summed E-state index contributed by atoms with van der Waals surface area (Å²) in [4.78, 5) is 26.0. The van der Waals surface area contributed by atoms with Crippen LogP contribution in [0.2, 0.25) is 10.0 Å². The largest absolute Gasteiger partial charge is 0.467 e. The fourth-order valence-electron chi connectivity index (χ4n) is 2.48. The third-order valence-corrected chi connectivity index (χ3v) is 4.32. The summed E-state index contributed by atoms with van der Waals surface area (Å²) in [6, 6.07) is 2.36. The van der Waals surface area contributed by atoms with E-state index < -0.39 is 12.0 Å². The van der Waals surface area contributed by atoms with Gasteiger partial charge in [-0.2, -0.15) is 0 Å². The Balaban J connectivity index is 2.35. The summed E-state index contributed by atoms with van der Waals surface area (Å²) in [6.07, 6.45) is 2.27. The van der Waals surface area contributed by atoms with E-state index in [-0.39, 0.29) is 21.5 Å². The summed E-state index contributed by atoms with van der Waals surface area (Å²) in [5.74, 6) is -0.779. The molecule has 1 saturated heterocycles. The fourth-order valence-corrected chi connectivity index (χ4v) is 2.89. The van der Waals surface area contributed by atoms with Crippen molar-refractivity contribution in [1.29, 1.82) is 0 Å². The monoisotopic (exact) mass is 330 g/mol. The molecule has 1 heterocycles. The average molecular weight is 331 g/mol. The molecule has 0 saturated carbocycles. The zero-order valence-electron chi connectivity index (χ0n) is 11.6. The molecule has 2 rings (SSSR count). The molecule has 1 unspecified atom stereocenters. The maximum atomic E-state index is 12.7. The van der Waals surface area contributed by atoms with Gasteiger partial charge < -0.3 is 15.4 Å². The lowest BCUT2D eigenvalue weighted by atomic mass is 10.0. The van der Waals surface area contributed by atoms with Gasteiger partial charge in [-0.3, -0.25) is 4.79 Å². The Morgan fingerprint density at radius 2 is 2.05 bits per heavy atom. The minimum atomic E-state index is -0.590. The number of halogens is 2. The smallest absolute Gasteiger partial charge is 0.328 e. The molecule has 1 aromatic rings. The van der Waals surface area contributed by atoms with Gasteiger partial charge in [0.2, 0.25) is 0 Å². The Labute approximate surface area is 132 Å². The molecule has 21 heavy (non-hydrogen) atoms. The van der Waals surface area contributed by atoms with E-state index in [4.69, 9.17) is 33.7 Å². The number of hydrogen-bond donors (Lipinski definition) is 1. The number of piperidine rings is 1. The summed E-state index contributed by atoms with van der Waals surface area (Å²) >= 11 is 12.0. The number of nitrogen functional groups attached to an aromatic ring is 1. The maximum Gasteiger partial charge on any atom is 0.328 e. The number of benzene rings is 1. The number of likely N-dealkylation sites (tertiary alicyclic amines) is 1. The molecule has 1 atom stereocenters. The zero-order chi connectivity index (χ0) is 15.6. The molecular formula is C14H16Cl2N2O3. The fraction of sp³-hybridized carbons (Fsp3) is 0.429. The second kappa shape index (κ2) is 6.54. The van der Waals surface area contributed by atoms with Crippen molar-refractivity contribution in [3.8, 4) is 0 Å².